The number of pyridine rings is 1. The van der Waals surface area contributed by atoms with Gasteiger partial charge >= 0.3 is 0 Å². The zero-order valence-electron chi connectivity index (χ0n) is 14.9. The van der Waals surface area contributed by atoms with Gasteiger partial charge in [0.25, 0.3) is 5.56 Å². The van der Waals surface area contributed by atoms with Gasteiger partial charge in [-0.2, -0.15) is 0 Å². The number of nitrogens with one attached hydrogen (secondary N) is 1. The molecule has 138 valence electrons. The molecule has 27 heavy (non-hydrogen) atoms. The van der Waals surface area contributed by atoms with E-state index < -0.39 is 0 Å². The number of halogens is 1. The average molecular weight is 364 g/mol. The standard InChI is InChI=1S/C21H21FN4O/c22-16-9-7-15(8-10-16)14-26-12-4-2-6-19(26)18-13-20(27)25-21(24-18)17-5-1-3-11-23-17/h1,3,5,7-11,13,19H,2,4,6,12,14H2,(H,24,25,27). The van der Waals surface area contributed by atoms with Crippen molar-refractivity contribution >= 4 is 0 Å². The Morgan fingerprint density at radius 3 is 2.78 bits per heavy atom. The molecule has 1 N–H and O–H groups in total. The molecule has 0 aliphatic carbocycles. The lowest BCUT2D eigenvalue weighted by Crippen LogP contribution is -2.34. The number of nitrogens with zero attached hydrogens (tertiary/aromatic N) is 3. The molecule has 6 heteroatoms. The fourth-order valence-corrected chi connectivity index (χ4v) is 3.61. The van der Waals surface area contributed by atoms with Crippen LogP contribution >= 0.6 is 0 Å². The Kier molecular flexibility index (Phi) is 5.07. The molecule has 0 spiro atoms. The fourth-order valence-electron chi connectivity index (χ4n) is 3.61. The lowest BCUT2D eigenvalue weighted by Gasteiger charge is -2.35. The van der Waals surface area contributed by atoms with Crippen molar-refractivity contribution in [2.75, 3.05) is 6.54 Å². The Labute approximate surface area is 156 Å². The van der Waals surface area contributed by atoms with Crippen molar-refractivity contribution in [1.29, 1.82) is 0 Å². The summed E-state index contributed by atoms with van der Waals surface area (Å²) < 4.78 is 13.2. The van der Waals surface area contributed by atoms with Gasteiger partial charge in [0.15, 0.2) is 5.82 Å². The summed E-state index contributed by atoms with van der Waals surface area (Å²) in [6.07, 6.45) is 4.83. The van der Waals surface area contributed by atoms with E-state index in [0.717, 1.165) is 37.1 Å². The van der Waals surface area contributed by atoms with E-state index in [0.29, 0.717) is 18.1 Å². The maximum absolute atomic E-state index is 13.2. The number of likely N-dealkylation sites (tertiary alicyclic amines) is 1. The monoisotopic (exact) mass is 364 g/mol. The molecule has 4 rings (SSSR count). The molecule has 1 atom stereocenters. The molecule has 5 nitrogen and oxygen atoms in total. The zero-order valence-corrected chi connectivity index (χ0v) is 14.9. The third-order valence-corrected chi connectivity index (χ3v) is 4.92. The highest BCUT2D eigenvalue weighted by atomic mass is 19.1. The van der Waals surface area contributed by atoms with Crippen molar-refractivity contribution in [2.45, 2.75) is 31.8 Å². The predicted molar refractivity (Wildman–Crippen MR) is 101 cm³/mol. The van der Waals surface area contributed by atoms with Crippen molar-refractivity contribution in [2.24, 2.45) is 0 Å². The number of aromatic amines is 1. The van der Waals surface area contributed by atoms with Crippen molar-refractivity contribution in [3.8, 4) is 11.5 Å². The molecular weight excluding hydrogens is 343 g/mol. The number of hydrogen-bond acceptors (Lipinski definition) is 4. The zero-order chi connectivity index (χ0) is 18.6. The second-order valence-corrected chi connectivity index (χ2v) is 6.84. The molecule has 1 unspecified atom stereocenters. The van der Waals surface area contributed by atoms with E-state index in [2.05, 4.69) is 14.9 Å². The SMILES string of the molecule is O=c1cc(C2CCCCN2Cc2ccc(F)cc2)nc(-c2ccccn2)[nH]1. The first-order valence-electron chi connectivity index (χ1n) is 9.20. The van der Waals surface area contributed by atoms with Crippen LogP contribution in [0.1, 0.15) is 36.6 Å². The van der Waals surface area contributed by atoms with Crippen LogP contribution in [-0.4, -0.2) is 26.4 Å². The minimum atomic E-state index is -0.231. The Balaban J connectivity index is 1.64. The Hall–Kier alpha value is -2.86. The molecule has 3 heterocycles. The summed E-state index contributed by atoms with van der Waals surface area (Å²) in [6, 6.07) is 13.8. The summed E-state index contributed by atoms with van der Waals surface area (Å²) in [5.74, 6) is 0.260. The van der Waals surface area contributed by atoms with Crippen LogP contribution in [0, 0.1) is 5.82 Å². The molecule has 0 radical (unpaired) electrons. The van der Waals surface area contributed by atoms with Gasteiger partial charge in [-0.25, -0.2) is 9.37 Å². The molecule has 0 amide bonds. The van der Waals surface area contributed by atoms with Crippen molar-refractivity contribution in [1.82, 2.24) is 19.9 Å². The van der Waals surface area contributed by atoms with E-state index in [4.69, 9.17) is 4.98 Å². The van der Waals surface area contributed by atoms with Gasteiger partial charge in [-0.1, -0.05) is 24.6 Å². The highest BCUT2D eigenvalue weighted by molar-refractivity contribution is 5.48. The van der Waals surface area contributed by atoms with Gasteiger partial charge in [0.1, 0.15) is 11.5 Å². The van der Waals surface area contributed by atoms with Gasteiger partial charge in [-0.3, -0.25) is 14.7 Å². The van der Waals surface area contributed by atoms with E-state index in [1.807, 2.05) is 30.3 Å². The molecule has 1 fully saturated rings. The van der Waals surface area contributed by atoms with Gasteiger partial charge < -0.3 is 4.98 Å². The number of piperidine rings is 1. The van der Waals surface area contributed by atoms with Gasteiger partial charge in [0.2, 0.25) is 0 Å². The summed E-state index contributed by atoms with van der Waals surface area (Å²) in [6.45, 7) is 1.63. The Morgan fingerprint density at radius 2 is 2.00 bits per heavy atom. The molecule has 1 aliphatic rings. The lowest BCUT2D eigenvalue weighted by molar-refractivity contribution is 0.137. The molecule has 1 saturated heterocycles. The summed E-state index contributed by atoms with van der Waals surface area (Å²) in [5, 5.41) is 0. The van der Waals surface area contributed by atoms with Crippen LogP contribution < -0.4 is 5.56 Å². The molecule has 1 aliphatic heterocycles. The topological polar surface area (TPSA) is 61.9 Å². The largest absolute Gasteiger partial charge is 0.305 e. The number of hydrogen-bond donors (Lipinski definition) is 1. The maximum Gasteiger partial charge on any atom is 0.251 e. The van der Waals surface area contributed by atoms with Crippen LogP contribution in [0.3, 0.4) is 0 Å². The lowest BCUT2D eigenvalue weighted by atomic mass is 9.98. The van der Waals surface area contributed by atoms with Crippen LogP contribution in [-0.2, 0) is 6.54 Å². The maximum atomic E-state index is 13.2. The Bertz CT molecular complexity index is 956. The van der Waals surface area contributed by atoms with Crippen LogP contribution in [0.4, 0.5) is 4.39 Å². The second-order valence-electron chi connectivity index (χ2n) is 6.84. The van der Waals surface area contributed by atoms with Crippen LogP contribution in [0.15, 0.2) is 59.5 Å². The van der Waals surface area contributed by atoms with E-state index in [1.54, 1.807) is 12.3 Å². The smallest absolute Gasteiger partial charge is 0.251 e. The third-order valence-electron chi connectivity index (χ3n) is 4.92. The summed E-state index contributed by atoms with van der Waals surface area (Å²) in [4.78, 5) is 26.4. The fraction of sp³-hybridized carbons (Fsp3) is 0.286. The first-order chi connectivity index (χ1) is 13.2. The number of H-pyrrole nitrogens is 1. The van der Waals surface area contributed by atoms with Gasteiger partial charge in [-0.15, -0.1) is 0 Å². The molecule has 1 aromatic carbocycles. The van der Waals surface area contributed by atoms with E-state index >= 15 is 0 Å². The molecular formula is C21H21FN4O. The Morgan fingerprint density at radius 1 is 1.15 bits per heavy atom. The van der Waals surface area contributed by atoms with Crippen molar-refractivity contribution < 1.29 is 4.39 Å². The number of rotatable bonds is 4. The highest BCUT2D eigenvalue weighted by Gasteiger charge is 2.26. The minimum Gasteiger partial charge on any atom is -0.305 e. The second kappa shape index (κ2) is 7.80. The molecule has 0 saturated carbocycles. The van der Waals surface area contributed by atoms with Crippen LogP contribution in [0.5, 0.6) is 0 Å². The third kappa shape index (κ3) is 4.11. The van der Waals surface area contributed by atoms with Gasteiger partial charge in [0, 0.05) is 18.8 Å². The van der Waals surface area contributed by atoms with Crippen molar-refractivity contribution in [3.63, 3.8) is 0 Å². The summed E-state index contributed by atoms with van der Waals surface area (Å²) >= 11 is 0. The number of aromatic nitrogens is 3. The van der Waals surface area contributed by atoms with E-state index in [-0.39, 0.29) is 17.4 Å². The summed E-state index contributed by atoms with van der Waals surface area (Å²) in [7, 11) is 0. The first-order valence-corrected chi connectivity index (χ1v) is 9.20. The quantitative estimate of drug-likeness (QED) is 0.767. The van der Waals surface area contributed by atoms with E-state index in [1.165, 1.54) is 12.1 Å². The number of benzene rings is 1. The van der Waals surface area contributed by atoms with Crippen LogP contribution in [0.2, 0.25) is 0 Å². The summed E-state index contributed by atoms with van der Waals surface area (Å²) in [5.41, 5.74) is 2.30. The predicted octanol–water partition coefficient (Wildman–Crippen LogP) is 3.70. The van der Waals surface area contributed by atoms with E-state index in [9.17, 15) is 9.18 Å². The van der Waals surface area contributed by atoms with Crippen LogP contribution in [0.25, 0.3) is 11.5 Å². The normalized spacial score (nSPS) is 17.7. The highest BCUT2D eigenvalue weighted by Crippen LogP contribution is 2.31. The molecule has 0 bridgehead atoms. The van der Waals surface area contributed by atoms with Gasteiger partial charge in [-0.05, 0) is 49.2 Å². The molecule has 3 aromatic rings. The van der Waals surface area contributed by atoms with Crippen molar-refractivity contribution in [3.05, 3.63) is 82.2 Å². The average Bonchev–Trinajstić information content (AvgIpc) is 2.70. The first kappa shape index (κ1) is 17.5. The van der Waals surface area contributed by atoms with Gasteiger partial charge in [0.05, 0.1) is 11.7 Å². The minimum absolute atomic E-state index is 0.0635. The molecule has 2 aromatic heterocycles.